The predicted molar refractivity (Wildman–Crippen MR) is 66.2 cm³/mol. The molecule has 1 unspecified atom stereocenters. The smallest absolute Gasteiger partial charge is 0.149 e. The highest BCUT2D eigenvalue weighted by Crippen LogP contribution is 2.07. The van der Waals surface area contributed by atoms with Gasteiger partial charge in [-0.25, -0.2) is 0 Å². The normalized spacial score (nSPS) is 12.9. The molecule has 4 nitrogen and oxygen atoms in total. The molecule has 1 N–H and O–H groups in total. The van der Waals surface area contributed by atoms with Crippen molar-refractivity contribution in [1.82, 2.24) is 20.1 Å². The van der Waals surface area contributed by atoms with E-state index in [9.17, 15) is 0 Å². The molecule has 0 spiro atoms. The molecule has 16 heavy (non-hydrogen) atoms. The zero-order valence-electron chi connectivity index (χ0n) is 10.7. The lowest BCUT2D eigenvalue weighted by Crippen LogP contribution is -2.22. The van der Waals surface area contributed by atoms with Gasteiger partial charge >= 0.3 is 0 Å². The van der Waals surface area contributed by atoms with Crippen molar-refractivity contribution < 1.29 is 0 Å². The van der Waals surface area contributed by atoms with Crippen molar-refractivity contribution in [2.45, 2.75) is 52.0 Å². The van der Waals surface area contributed by atoms with Crippen LogP contribution in [0.15, 0.2) is 6.33 Å². The quantitative estimate of drug-likeness (QED) is 0.690. The molecular formula is C12H24N4. The van der Waals surface area contributed by atoms with Gasteiger partial charge in [-0.1, -0.05) is 32.6 Å². The minimum Gasteiger partial charge on any atom is -0.319 e. The maximum atomic E-state index is 4.09. The van der Waals surface area contributed by atoms with Crippen molar-refractivity contribution in [1.29, 1.82) is 0 Å². The zero-order valence-corrected chi connectivity index (χ0v) is 10.7. The molecule has 0 bridgehead atoms. The molecule has 1 heterocycles. The largest absolute Gasteiger partial charge is 0.319 e. The van der Waals surface area contributed by atoms with E-state index in [0.717, 1.165) is 12.4 Å². The molecule has 0 aliphatic heterocycles. The Balaban J connectivity index is 2.11. The van der Waals surface area contributed by atoms with Crippen LogP contribution in [0.3, 0.4) is 0 Å². The first-order chi connectivity index (χ1) is 7.75. The molecular weight excluding hydrogens is 200 g/mol. The molecule has 0 amide bonds. The minimum atomic E-state index is 0.290. The number of hydrogen-bond acceptors (Lipinski definition) is 3. The Bertz CT molecular complexity index is 282. The maximum Gasteiger partial charge on any atom is 0.149 e. The summed E-state index contributed by atoms with van der Waals surface area (Å²) in [6, 6.07) is 0.290. The van der Waals surface area contributed by atoms with Crippen molar-refractivity contribution in [3.8, 4) is 0 Å². The summed E-state index contributed by atoms with van der Waals surface area (Å²) < 4.78 is 1.97. The van der Waals surface area contributed by atoms with E-state index < -0.39 is 0 Å². The van der Waals surface area contributed by atoms with Gasteiger partial charge in [-0.15, -0.1) is 10.2 Å². The summed E-state index contributed by atoms with van der Waals surface area (Å²) in [6.45, 7) is 5.45. The van der Waals surface area contributed by atoms with Gasteiger partial charge in [-0.3, -0.25) is 0 Å². The maximum absolute atomic E-state index is 4.09. The van der Waals surface area contributed by atoms with E-state index in [4.69, 9.17) is 0 Å². The molecule has 0 aliphatic rings. The topological polar surface area (TPSA) is 42.7 Å². The number of nitrogens with one attached hydrogen (secondary N) is 1. The second kappa shape index (κ2) is 7.39. The van der Waals surface area contributed by atoms with Crippen molar-refractivity contribution in [3.05, 3.63) is 12.2 Å². The first kappa shape index (κ1) is 13.2. The fraction of sp³-hybridized carbons (Fsp3) is 0.833. The van der Waals surface area contributed by atoms with Crippen LogP contribution in [0.2, 0.25) is 0 Å². The third-order valence-electron chi connectivity index (χ3n) is 2.86. The Hall–Kier alpha value is -0.900. The molecule has 0 saturated heterocycles. The lowest BCUT2D eigenvalue weighted by molar-refractivity contribution is 0.503. The van der Waals surface area contributed by atoms with Gasteiger partial charge in [0.15, 0.2) is 0 Å². The molecule has 0 aromatic carbocycles. The van der Waals surface area contributed by atoms with Crippen LogP contribution in [0.4, 0.5) is 0 Å². The summed E-state index contributed by atoms with van der Waals surface area (Å²) in [6.07, 6.45) is 8.35. The summed E-state index contributed by atoms with van der Waals surface area (Å²) in [5, 5.41) is 11.5. The monoisotopic (exact) mass is 224 g/mol. The van der Waals surface area contributed by atoms with Crippen LogP contribution < -0.4 is 5.32 Å². The molecule has 0 radical (unpaired) electrons. The third kappa shape index (κ3) is 4.31. The molecule has 0 saturated carbocycles. The number of aromatic nitrogens is 3. The van der Waals surface area contributed by atoms with E-state index >= 15 is 0 Å². The summed E-state index contributed by atoms with van der Waals surface area (Å²) in [5.74, 6) is 1.01. The lowest BCUT2D eigenvalue weighted by atomic mass is 10.1. The average Bonchev–Trinajstić information content (AvgIpc) is 2.69. The van der Waals surface area contributed by atoms with Crippen molar-refractivity contribution >= 4 is 0 Å². The van der Waals surface area contributed by atoms with Gasteiger partial charge in [-0.05, 0) is 19.9 Å². The highest BCUT2D eigenvalue weighted by atomic mass is 15.3. The Morgan fingerprint density at radius 2 is 2.06 bits per heavy atom. The van der Waals surface area contributed by atoms with Crippen LogP contribution in [0.1, 0.15) is 57.8 Å². The van der Waals surface area contributed by atoms with Gasteiger partial charge in [-0.2, -0.15) is 0 Å². The summed E-state index contributed by atoms with van der Waals surface area (Å²) in [4.78, 5) is 0. The third-order valence-corrected chi connectivity index (χ3v) is 2.86. The van der Waals surface area contributed by atoms with E-state index in [1.54, 1.807) is 6.33 Å². The molecule has 4 heteroatoms. The van der Waals surface area contributed by atoms with Gasteiger partial charge in [0.25, 0.3) is 0 Å². The van der Waals surface area contributed by atoms with Crippen molar-refractivity contribution in [3.63, 3.8) is 0 Å². The van der Waals surface area contributed by atoms with E-state index in [0.29, 0.717) is 6.04 Å². The van der Waals surface area contributed by atoms with Crippen LogP contribution in [-0.4, -0.2) is 21.3 Å². The Morgan fingerprint density at radius 1 is 1.31 bits per heavy atom. The van der Waals surface area contributed by atoms with Gasteiger partial charge in [0.1, 0.15) is 12.2 Å². The molecule has 1 atom stereocenters. The number of hydrogen-bond donors (Lipinski definition) is 1. The number of nitrogens with zero attached hydrogens (tertiary/aromatic N) is 3. The Labute approximate surface area is 98.5 Å². The van der Waals surface area contributed by atoms with Gasteiger partial charge in [0.2, 0.25) is 0 Å². The van der Waals surface area contributed by atoms with Crippen LogP contribution >= 0.6 is 0 Å². The van der Waals surface area contributed by atoms with E-state index in [1.807, 2.05) is 11.6 Å². The van der Waals surface area contributed by atoms with E-state index in [1.165, 1.54) is 32.1 Å². The molecule has 1 aromatic rings. The highest BCUT2D eigenvalue weighted by Gasteiger charge is 2.09. The standard InChI is InChI=1S/C12H24N4/c1-4-5-6-7-8-9-13-11(2)12-15-14-10-16(12)3/h10-11,13H,4-9H2,1-3H3. The average molecular weight is 224 g/mol. The van der Waals surface area contributed by atoms with Crippen LogP contribution in [0.25, 0.3) is 0 Å². The highest BCUT2D eigenvalue weighted by molar-refractivity contribution is 4.91. The zero-order chi connectivity index (χ0) is 11.8. The molecule has 0 fully saturated rings. The molecule has 1 aromatic heterocycles. The van der Waals surface area contributed by atoms with Crippen molar-refractivity contribution in [2.24, 2.45) is 7.05 Å². The van der Waals surface area contributed by atoms with Gasteiger partial charge in [0, 0.05) is 7.05 Å². The number of aryl methyl sites for hydroxylation is 1. The SMILES string of the molecule is CCCCCCCNC(C)c1nncn1C. The summed E-state index contributed by atoms with van der Waals surface area (Å²) >= 11 is 0. The minimum absolute atomic E-state index is 0.290. The fourth-order valence-corrected chi connectivity index (χ4v) is 1.82. The Morgan fingerprint density at radius 3 is 2.69 bits per heavy atom. The van der Waals surface area contributed by atoms with Crippen molar-refractivity contribution in [2.75, 3.05) is 6.54 Å². The van der Waals surface area contributed by atoms with Crippen LogP contribution in [0, 0.1) is 0 Å². The van der Waals surface area contributed by atoms with E-state index in [2.05, 4.69) is 29.4 Å². The van der Waals surface area contributed by atoms with Gasteiger partial charge in [0.05, 0.1) is 6.04 Å². The molecule has 1 rings (SSSR count). The second-order valence-corrected chi connectivity index (χ2v) is 4.39. The predicted octanol–water partition coefficient (Wildman–Crippen LogP) is 2.44. The molecule has 92 valence electrons. The molecule has 0 aliphatic carbocycles. The van der Waals surface area contributed by atoms with E-state index in [-0.39, 0.29) is 0 Å². The summed E-state index contributed by atoms with van der Waals surface area (Å²) in [7, 11) is 1.98. The van der Waals surface area contributed by atoms with Crippen LogP contribution in [-0.2, 0) is 7.05 Å². The summed E-state index contributed by atoms with van der Waals surface area (Å²) in [5.41, 5.74) is 0. The number of rotatable bonds is 8. The lowest BCUT2D eigenvalue weighted by Gasteiger charge is -2.12. The Kier molecular flexibility index (Phi) is 6.08. The fourth-order valence-electron chi connectivity index (χ4n) is 1.82. The first-order valence-electron chi connectivity index (χ1n) is 6.33. The first-order valence-corrected chi connectivity index (χ1v) is 6.33. The van der Waals surface area contributed by atoms with Gasteiger partial charge < -0.3 is 9.88 Å². The second-order valence-electron chi connectivity index (χ2n) is 4.39. The number of unbranched alkanes of at least 4 members (excludes halogenated alkanes) is 4. The van der Waals surface area contributed by atoms with Crippen LogP contribution in [0.5, 0.6) is 0 Å².